The van der Waals surface area contributed by atoms with Crippen LogP contribution in [0, 0.1) is 12.3 Å². The van der Waals surface area contributed by atoms with Crippen molar-refractivity contribution in [2.75, 3.05) is 7.11 Å². The Labute approximate surface area is 102 Å². The van der Waals surface area contributed by atoms with Crippen LogP contribution in [0.15, 0.2) is 22.8 Å². The second-order valence-corrected chi connectivity index (χ2v) is 3.63. The molecule has 0 atom stereocenters. The van der Waals surface area contributed by atoms with Crippen molar-refractivity contribution in [2.24, 2.45) is 0 Å². The number of hydrogen-bond donors (Lipinski definition) is 0. The summed E-state index contributed by atoms with van der Waals surface area (Å²) >= 11 is 5.68. The predicted molar refractivity (Wildman–Crippen MR) is 67.0 cm³/mol. The summed E-state index contributed by atoms with van der Waals surface area (Å²) in [6.07, 6.45) is 10.2. The number of hydrogen-bond acceptors (Lipinski definition) is 2. The molecule has 0 heterocycles. The van der Waals surface area contributed by atoms with Crippen LogP contribution in [-0.4, -0.2) is 13.1 Å². The SMILES string of the molecule is C#CCCC/C(=C/Cl)C/C=C(\C)C(=O)OC. The van der Waals surface area contributed by atoms with Gasteiger partial charge in [0.1, 0.15) is 0 Å². The fraction of sp³-hybridized carbons (Fsp3) is 0.462. The van der Waals surface area contributed by atoms with Gasteiger partial charge >= 0.3 is 5.97 Å². The van der Waals surface area contributed by atoms with Crippen molar-refractivity contribution in [2.45, 2.75) is 32.6 Å². The van der Waals surface area contributed by atoms with E-state index in [1.165, 1.54) is 7.11 Å². The number of carbonyl (C=O) groups excluding carboxylic acids is 1. The average Bonchev–Trinajstić information content (AvgIpc) is 2.32. The van der Waals surface area contributed by atoms with Crippen molar-refractivity contribution >= 4 is 17.6 Å². The molecule has 0 saturated heterocycles. The summed E-state index contributed by atoms with van der Waals surface area (Å²) in [7, 11) is 1.37. The third-order valence-corrected chi connectivity index (χ3v) is 2.46. The number of halogens is 1. The Morgan fingerprint density at radius 1 is 1.56 bits per heavy atom. The zero-order valence-electron chi connectivity index (χ0n) is 9.75. The van der Waals surface area contributed by atoms with E-state index < -0.39 is 0 Å². The van der Waals surface area contributed by atoms with E-state index in [1.807, 2.05) is 6.08 Å². The molecule has 16 heavy (non-hydrogen) atoms. The smallest absolute Gasteiger partial charge is 0.333 e. The number of terminal acetylenes is 1. The van der Waals surface area contributed by atoms with Crippen LogP contribution in [-0.2, 0) is 9.53 Å². The predicted octanol–water partition coefficient (Wildman–Crippen LogP) is 3.42. The van der Waals surface area contributed by atoms with Crippen molar-refractivity contribution in [1.82, 2.24) is 0 Å². The van der Waals surface area contributed by atoms with Gasteiger partial charge in [0.05, 0.1) is 7.11 Å². The fourth-order valence-corrected chi connectivity index (χ4v) is 1.35. The van der Waals surface area contributed by atoms with E-state index in [0.717, 1.165) is 24.8 Å². The third-order valence-electron chi connectivity index (χ3n) is 2.15. The van der Waals surface area contributed by atoms with E-state index in [1.54, 1.807) is 12.5 Å². The lowest BCUT2D eigenvalue weighted by atomic mass is 10.1. The molecule has 0 unspecified atom stereocenters. The Hall–Kier alpha value is -1.20. The maximum atomic E-state index is 11.1. The van der Waals surface area contributed by atoms with Gasteiger partial charge in [0.15, 0.2) is 0 Å². The Morgan fingerprint density at radius 2 is 2.25 bits per heavy atom. The molecule has 0 saturated carbocycles. The monoisotopic (exact) mass is 240 g/mol. The first-order valence-electron chi connectivity index (χ1n) is 5.12. The normalized spacial score (nSPS) is 12.1. The molecular weight excluding hydrogens is 224 g/mol. The quantitative estimate of drug-likeness (QED) is 0.308. The molecule has 0 rings (SSSR count). The maximum absolute atomic E-state index is 11.1. The van der Waals surface area contributed by atoms with Gasteiger partial charge in [0, 0.05) is 17.5 Å². The lowest BCUT2D eigenvalue weighted by molar-refractivity contribution is -0.136. The van der Waals surface area contributed by atoms with Crippen molar-refractivity contribution in [1.29, 1.82) is 0 Å². The van der Waals surface area contributed by atoms with Gasteiger partial charge in [-0.25, -0.2) is 4.79 Å². The number of rotatable bonds is 6. The van der Waals surface area contributed by atoms with Crippen LogP contribution in [0.25, 0.3) is 0 Å². The van der Waals surface area contributed by atoms with E-state index in [-0.39, 0.29) is 5.97 Å². The molecule has 88 valence electrons. The maximum Gasteiger partial charge on any atom is 0.333 e. The van der Waals surface area contributed by atoms with Gasteiger partial charge in [-0.2, -0.15) is 0 Å². The van der Waals surface area contributed by atoms with Crippen molar-refractivity contribution in [3.05, 3.63) is 22.8 Å². The van der Waals surface area contributed by atoms with E-state index >= 15 is 0 Å². The number of unbranched alkanes of at least 4 members (excludes halogenated alkanes) is 1. The van der Waals surface area contributed by atoms with Gasteiger partial charge in [-0.05, 0) is 26.2 Å². The van der Waals surface area contributed by atoms with E-state index in [2.05, 4.69) is 10.7 Å². The fourth-order valence-electron chi connectivity index (χ4n) is 1.15. The molecule has 0 spiro atoms. The topological polar surface area (TPSA) is 26.3 Å². The van der Waals surface area contributed by atoms with E-state index in [9.17, 15) is 4.79 Å². The van der Waals surface area contributed by atoms with Crippen LogP contribution in [0.5, 0.6) is 0 Å². The van der Waals surface area contributed by atoms with Crippen LogP contribution in [0.1, 0.15) is 32.6 Å². The molecule has 0 aromatic rings. The highest BCUT2D eigenvalue weighted by Gasteiger charge is 2.03. The van der Waals surface area contributed by atoms with Crippen molar-refractivity contribution in [3.63, 3.8) is 0 Å². The Balaban J connectivity index is 4.15. The number of esters is 1. The standard InChI is InChI=1S/C13H17ClO2/c1-4-5-6-7-12(10-14)9-8-11(2)13(15)16-3/h1,8,10H,5-7,9H2,2-3H3/b11-8+,12-10-. The van der Waals surface area contributed by atoms with Gasteiger partial charge in [-0.1, -0.05) is 23.3 Å². The summed E-state index contributed by atoms with van der Waals surface area (Å²) in [4.78, 5) is 11.1. The molecule has 0 aromatic heterocycles. The second-order valence-electron chi connectivity index (χ2n) is 3.41. The third kappa shape index (κ3) is 6.31. The zero-order valence-corrected chi connectivity index (χ0v) is 10.5. The molecule has 3 heteroatoms. The number of carbonyl (C=O) groups is 1. The first kappa shape index (κ1) is 14.8. The van der Waals surface area contributed by atoms with Gasteiger partial charge in [0.2, 0.25) is 0 Å². The number of methoxy groups -OCH3 is 1. The molecule has 0 N–H and O–H groups in total. The largest absolute Gasteiger partial charge is 0.466 e. The number of allylic oxidation sites excluding steroid dienone is 2. The van der Waals surface area contributed by atoms with Gasteiger partial charge < -0.3 is 4.74 Å². The summed E-state index contributed by atoms with van der Waals surface area (Å²) < 4.78 is 4.59. The van der Waals surface area contributed by atoms with Crippen molar-refractivity contribution < 1.29 is 9.53 Å². The molecule has 0 aliphatic heterocycles. The van der Waals surface area contributed by atoms with Crippen LogP contribution < -0.4 is 0 Å². The molecule has 0 amide bonds. The molecule has 0 radical (unpaired) electrons. The highest BCUT2D eigenvalue weighted by molar-refractivity contribution is 6.25. The summed E-state index contributed by atoms with van der Waals surface area (Å²) in [6, 6.07) is 0. The first-order valence-corrected chi connectivity index (χ1v) is 5.56. The van der Waals surface area contributed by atoms with Crippen LogP contribution in [0.2, 0.25) is 0 Å². The van der Waals surface area contributed by atoms with E-state index in [0.29, 0.717) is 12.0 Å². The van der Waals surface area contributed by atoms with Gasteiger partial charge in [-0.15, -0.1) is 12.3 Å². The lowest BCUT2D eigenvalue weighted by Gasteiger charge is -2.03. The minimum atomic E-state index is -0.308. The van der Waals surface area contributed by atoms with Crippen LogP contribution in [0.4, 0.5) is 0 Å². The van der Waals surface area contributed by atoms with Gasteiger partial charge in [0.25, 0.3) is 0 Å². The minimum absolute atomic E-state index is 0.308. The minimum Gasteiger partial charge on any atom is -0.466 e. The second kappa shape index (κ2) is 9.06. The highest BCUT2D eigenvalue weighted by atomic mass is 35.5. The lowest BCUT2D eigenvalue weighted by Crippen LogP contribution is -2.01. The highest BCUT2D eigenvalue weighted by Crippen LogP contribution is 2.14. The first-order chi connectivity index (χ1) is 7.65. The molecule has 0 fully saturated rings. The summed E-state index contributed by atoms with van der Waals surface area (Å²) in [5.74, 6) is 2.27. The molecular formula is C13H17ClO2. The Bertz CT molecular complexity index is 321. The number of ether oxygens (including phenoxy) is 1. The molecule has 0 aliphatic carbocycles. The molecule has 0 bridgehead atoms. The van der Waals surface area contributed by atoms with Crippen molar-refractivity contribution in [3.8, 4) is 12.3 Å². The van der Waals surface area contributed by atoms with Crippen LogP contribution in [0.3, 0.4) is 0 Å². The van der Waals surface area contributed by atoms with Crippen LogP contribution >= 0.6 is 11.6 Å². The molecule has 0 aromatic carbocycles. The Kier molecular flexibility index (Phi) is 8.38. The molecule has 2 nitrogen and oxygen atoms in total. The summed E-state index contributed by atoms with van der Waals surface area (Å²) in [6.45, 7) is 1.72. The van der Waals surface area contributed by atoms with Gasteiger partial charge in [-0.3, -0.25) is 0 Å². The average molecular weight is 241 g/mol. The Morgan fingerprint density at radius 3 is 2.75 bits per heavy atom. The van der Waals surface area contributed by atoms with E-state index in [4.69, 9.17) is 18.0 Å². The zero-order chi connectivity index (χ0) is 12.4. The summed E-state index contributed by atoms with van der Waals surface area (Å²) in [5.41, 5.74) is 3.22. The molecule has 0 aliphatic rings. The summed E-state index contributed by atoms with van der Waals surface area (Å²) in [5, 5.41) is 0.